The quantitative estimate of drug-likeness (QED) is 0.602. The van der Waals surface area contributed by atoms with Gasteiger partial charge in [-0.25, -0.2) is 0 Å². The Morgan fingerprint density at radius 2 is 2.23 bits per heavy atom. The largest absolute Gasteiger partial charge is 0.375 e. The predicted octanol–water partition coefficient (Wildman–Crippen LogP) is 3.69. The Hall–Kier alpha value is -0.300. The minimum Gasteiger partial charge on any atom is -0.375 e. The molecule has 13 heavy (non-hydrogen) atoms. The van der Waals surface area contributed by atoms with Crippen LogP contribution in [-0.2, 0) is 4.74 Å². The second-order valence-corrected chi connectivity index (χ2v) is 4.17. The Morgan fingerprint density at radius 1 is 1.46 bits per heavy atom. The van der Waals surface area contributed by atoms with Crippen molar-refractivity contribution in [2.45, 2.75) is 58.0 Å². The molecule has 1 nitrogen and oxygen atoms in total. The zero-order valence-corrected chi connectivity index (χ0v) is 9.07. The fourth-order valence-corrected chi connectivity index (χ4v) is 2.14. The highest BCUT2D eigenvalue weighted by molar-refractivity contribution is 5.05. The summed E-state index contributed by atoms with van der Waals surface area (Å²) in [6, 6.07) is 0. The van der Waals surface area contributed by atoms with Crippen molar-refractivity contribution in [1.82, 2.24) is 0 Å². The summed E-state index contributed by atoms with van der Waals surface area (Å²) in [6.45, 7) is 9.39. The van der Waals surface area contributed by atoms with Gasteiger partial charge in [0.15, 0.2) is 0 Å². The first-order valence-corrected chi connectivity index (χ1v) is 5.53. The van der Waals surface area contributed by atoms with Crippen LogP contribution in [0.4, 0.5) is 0 Å². The van der Waals surface area contributed by atoms with Crippen molar-refractivity contribution in [3.05, 3.63) is 12.2 Å². The topological polar surface area (TPSA) is 9.23 Å². The lowest BCUT2D eigenvalue weighted by Crippen LogP contribution is -2.35. The summed E-state index contributed by atoms with van der Waals surface area (Å²) in [5, 5.41) is 0. The monoisotopic (exact) mass is 182 g/mol. The average molecular weight is 182 g/mol. The molecule has 1 aliphatic carbocycles. The molecule has 0 aliphatic heterocycles. The molecule has 0 spiro atoms. The maximum Gasteiger partial charge on any atom is 0.0716 e. The van der Waals surface area contributed by atoms with E-state index >= 15 is 0 Å². The SMILES string of the molecule is C=C1CCCC(CC)(OCCC)C1. The van der Waals surface area contributed by atoms with E-state index in [1.54, 1.807) is 0 Å². The van der Waals surface area contributed by atoms with E-state index in [1.807, 2.05) is 0 Å². The van der Waals surface area contributed by atoms with Gasteiger partial charge in [-0.1, -0.05) is 26.0 Å². The fourth-order valence-electron chi connectivity index (χ4n) is 2.14. The minimum absolute atomic E-state index is 0.144. The van der Waals surface area contributed by atoms with Crippen LogP contribution < -0.4 is 0 Å². The highest BCUT2D eigenvalue weighted by Gasteiger charge is 2.32. The van der Waals surface area contributed by atoms with E-state index in [1.165, 1.54) is 24.8 Å². The highest BCUT2D eigenvalue weighted by atomic mass is 16.5. The molecule has 1 saturated carbocycles. The molecule has 0 aromatic heterocycles. The van der Waals surface area contributed by atoms with E-state index in [9.17, 15) is 0 Å². The van der Waals surface area contributed by atoms with Gasteiger partial charge in [-0.15, -0.1) is 0 Å². The molecule has 0 aromatic carbocycles. The molecule has 0 bridgehead atoms. The summed E-state index contributed by atoms with van der Waals surface area (Å²) >= 11 is 0. The maximum absolute atomic E-state index is 5.98. The van der Waals surface area contributed by atoms with Crippen molar-refractivity contribution in [2.75, 3.05) is 6.61 Å². The molecule has 1 rings (SSSR count). The second-order valence-electron chi connectivity index (χ2n) is 4.17. The predicted molar refractivity (Wildman–Crippen MR) is 56.9 cm³/mol. The van der Waals surface area contributed by atoms with E-state index in [0.717, 1.165) is 25.9 Å². The second kappa shape index (κ2) is 4.80. The summed E-state index contributed by atoms with van der Waals surface area (Å²) in [7, 11) is 0. The third-order valence-electron chi connectivity index (χ3n) is 2.99. The lowest BCUT2D eigenvalue weighted by molar-refractivity contribution is -0.0616. The molecule has 0 radical (unpaired) electrons. The van der Waals surface area contributed by atoms with Gasteiger partial charge in [-0.05, 0) is 38.5 Å². The van der Waals surface area contributed by atoms with Crippen molar-refractivity contribution in [2.24, 2.45) is 0 Å². The van der Waals surface area contributed by atoms with Gasteiger partial charge < -0.3 is 4.74 Å². The first kappa shape index (κ1) is 10.8. The Morgan fingerprint density at radius 3 is 2.77 bits per heavy atom. The Kier molecular flexibility index (Phi) is 3.98. The molecular formula is C12H22O. The van der Waals surface area contributed by atoms with E-state index in [-0.39, 0.29) is 5.60 Å². The van der Waals surface area contributed by atoms with E-state index in [2.05, 4.69) is 20.4 Å². The Labute approximate surface area is 82.2 Å². The Bertz CT molecular complexity index is 174. The van der Waals surface area contributed by atoms with Crippen molar-refractivity contribution in [3.63, 3.8) is 0 Å². The number of rotatable bonds is 4. The van der Waals surface area contributed by atoms with Gasteiger partial charge in [0.1, 0.15) is 0 Å². The van der Waals surface area contributed by atoms with Crippen LogP contribution in [-0.4, -0.2) is 12.2 Å². The third kappa shape index (κ3) is 2.84. The van der Waals surface area contributed by atoms with Crippen LogP contribution in [0.5, 0.6) is 0 Å². The van der Waals surface area contributed by atoms with Crippen molar-refractivity contribution >= 4 is 0 Å². The maximum atomic E-state index is 5.98. The van der Waals surface area contributed by atoms with Crippen LogP contribution in [0.15, 0.2) is 12.2 Å². The summed E-state index contributed by atoms with van der Waals surface area (Å²) < 4.78 is 5.98. The molecule has 1 atom stereocenters. The highest BCUT2D eigenvalue weighted by Crippen LogP contribution is 2.36. The van der Waals surface area contributed by atoms with Gasteiger partial charge in [0.05, 0.1) is 5.60 Å². The van der Waals surface area contributed by atoms with Crippen LogP contribution in [0.25, 0.3) is 0 Å². The Balaban J connectivity index is 2.51. The zero-order valence-electron chi connectivity index (χ0n) is 9.07. The number of hydrogen-bond acceptors (Lipinski definition) is 1. The van der Waals surface area contributed by atoms with Gasteiger partial charge in [0.25, 0.3) is 0 Å². The van der Waals surface area contributed by atoms with Gasteiger partial charge >= 0.3 is 0 Å². The summed E-state index contributed by atoms with van der Waals surface area (Å²) in [5.74, 6) is 0. The molecule has 76 valence electrons. The first-order chi connectivity index (χ1) is 6.22. The third-order valence-corrected chi connectivity index (χ3v) is 2.99. The van der Waals surface area contributed by atoms with E-state index < -0.39 is 0 Å². The molecule has 0 N–H and O–H groups in total. The molecule has 1 unspecified atom stereocenters. The number of ether oxygens (including phenoxy) is 1. The van der Waals surface area contributed by atoms with Crippen LogP contribution in [0.3, 0.4) is 0 Å². The minimum atomic E-state index is 0.144. The van der Waals surface area contributed by atoms with E-state index in [0.29, 0.717) is 0 Å². The van der Waals surface area contributed by atoms with Gasteiger partial charge in [0.2, 0.25) is 0 Å². The van der Waals surface area contributed by atoms with Crippen molar-refractivity contribution in [3.8, 4) is 0 Å². The summed E-state index contributed by atoms with van der Waals surface area (Å²) in [5.41, 5.74) is 1.52. The van der Waals surface area contributed by atoms with Crippen molar-refractivity contribution < 1.29 is 4.74 Å². The molecule has 1 aliphatic rings. The van der Waals surface area contributed by atoms with Gasteiger partial charge in [-0.2, -0.15) is 0 Å². The van der Waals surface area contributed by atoms with E-state index in [4.69, 9.17) is 4.74 Å². The van der Waals surface area contributed by atoms with Crippen LogP contribution in [0.1, 0.15) is 52.4 Å². The standard InChI is InChI=1S/C12H22O/c1-4-9-13-12(5-2)8-6-7-11(3)10-12/h3-10H2,1-2H3. The molecule has 0 saturated heterocycles. The summed E-state index contributed by atoms with van der Waals surface area (Å²) in [6.07, 6.45) is 7.03. The molecule has 1 heteroatoms. The van der Waals surface area contributed by atoms with Crippen LogP contribution in [0, 0.1) is 0 Å². The molecule has 0 aromatic rings. The zero-order chi connectivity index (χ0) is 9.73. The lowest BCUT2D eigenvalue weighted by atomic mass is 9.80. The van der Waals surface area contributed by atoms with Crippen LogP contribution in [0.2, 0.25) is 0 Å². The number of hydrogen-bond donors (Lipinski definition) is 0. The fraction of sp³-hybridized carbons (Fsp3) is 0.833. The van der Waals surface area contributed by atoms with Crippen LogP contribution >= 0.6 is 0 Å². The van der Waals surface area contributed by atoms with Gasteiger partial charge in [-0.3, -0.25) is 0 Å². The molecular weight excluding hydrogens is 160 g/mol. The first-order valence-electron chi connectivity index (χ1n) is 5.53. The molecule has 1 fully saturated rings. The summed E-state index contributed by atoms with van der Waals surface area (Å²) in [4.78, 5) is 0. The van der Waals surface area contributed by atoms with Crippen molar-refractivity contribution in [1.29, 1.82) is 0 Å². The lowest BCUT2D eigenvalue weighted by Gasteiger charge is -2.37. The molecule has 0 amide bonds. The average Bonchev–Trinajstić information content (AvgIpc) is 2.15. The molecule has 0 heterocycles. The normalized spacial score (nSPS) is 29.2. The van der Waals surface area contributed by atoms with Gasteiger partial charge in [0, 0.05) is 6.61 Å². The smallest absolute Gasteiger partial charge is 0.0716 e.